The van der Waals surface area contributed by atoms with E-state index in [1.54, 1.807) is 6.92 Å². The summed E-state index contributed by atoms with van der Waals surface area (Å²) in [5.41, 5.74) is 0. The van der Waals surface area contributed by atoms with Gasteiger partial charge in [-0.25, -0.2) is 0 Å². The molecule has 0 aromatic heterocycles. The van der Waals surface area contributed by atoms with E-state index in [1.807, 2.05) is 0 Å². The van der Waals surface area contributed by atoms with Crippen LogP contribution < -0.4 is 0 Å². The van der Waals surface area contributed by atoms with E-state index in [2.05, 4.69) is 0 Å². The average molecular weight is 470 g/mol. The molecular formula is C19H34O13. The Balaban J connectivity index is 1.81. The van der Waals surface area contributed by atoms with Crippen molar-refractivity contribution in [2.45, 2.75) is 113 Å². The summed E-state index contributed by atoms with van der Waals surface area (Å²) in [6, 6.07) is 0. The van der Waals surface area contributed by atoms with Gasteiger partial charge in [-0.05, 0) is 20.8 Å². The Morgan fingerprint density at radius 1 is 0.469 bits per heavy atom. The second-order valence-electron chi connectivity index (χ2n) is 8.50. The predicted octanol–water partition coefficient (Wildman–Crippen LogP) is -3.84. The Morgan fingerprint density at radius 3 is 1.31 bits per heavy atom. The Morgan fingerprint density at radius 2 is 0.875 bits per heavy atom. The summed E-state index contributed by atoms with van der Waals surface area (Å²) in [5.74, 6) is 0. The van der Waals surface area contributed by atoms with E-state index in [9.17, 15) is 35.7 Å². The molecule has 13 nitrogen and oxygen atoms in total. The van der Waals surface area contributed by atoms with Crippen molar-refractivity contribution in [3.63, 3.8) is 0 Å². The van der Waals surface area contributed by atoms with Gasteiger partial charge in [-0.2, -0.15) is 0 Å². The number of aliphatic hydroxyl groups is 7. The van der Waals surface area contributed by atoms with Gasteiger partial charge in [0.25, 0.3) is 0 Å². The molecular weight excluding hydrogens is 436 g/mol. The quantitative estimate of drug-likeness (QED) is 0.206. The van der Waals surface area contributed by atoms with Gasteiger partial charge in [-0.3, -0.25) is 0 Å². The molecule has 32 heavy (non-hydrogen) atoms. The van der Waals surface area contributed by atoms with Gasteiger partial charge >= 0.3 is 0 Å². The number of aliphatic hydroxyl groups excluding tert-OH is 7. The lowest BCUT2D eigenvalue weighted by Gasteiger charge is -2.48. The number of rotatable bonds is 5. The minimum atomic E-state index is -1.64. The molecule has 0 bridgehead atoms. The lowest BCUT2D eigenvalue weighted by Crippen LogP contribution is -2.65. The number of ether oxygens (including phenoxy) is 6. The van der Waals surface area contributed by atoms with Gasteiger partial charge in [0.05, 0.1) is 18.3 Å². The van der Waals surface area contributed by atoms with Crippen LogP contribution in [0.2, 0.25) is 0 Å². The molecule has 3 saturated heterocycles. The fourth-order valence-corrected chi connectivity index (χ4v) is 4.09. The molecule has 3 rings (SSSR count). The fourth-order valence-electron chi connectivity index (χ4n) is 4.09. The van der Waals surface area contributed by atoms with E-state index in [4.69, 9.17) is 28.4 Å². The third kappa shape index (κ3) is 4.95. The summed E-state index contributed by atoms with van der Waals surface area (Å²) in [5, 5.41) is 71.3. The molecule has 3 aliphatic rings. The standard InChI is InChI=1S/C19H34O13/c1-5-8(20)10(22)12(24)18(28-5)31-15-7(3)30-17(27-4)14(26)16(15)32-19-13(25)11(23)9(21)6(2)29-19/h5-26H,1-4H3/t5-,6-,7-,8-,9-,10+,11+,12+,13+,14+,15-,16-,17+,18-,19-/m0/s1. The van der Waals surface area contributed by atoms with Crippen molar-refractivity contribution in [1.29, 1.82) is 0 Å². The molecule has 188 valence electrons. The summed E-state index contributed by atoms with van der Waals surface area (Å²) in [4.78, 5) is 0. The highest BCUT2D eigenvalue weighted by molar-refractivity contribution is 4.95. The summed E-state index contributed by atoms with van der Waals surface area (Å²) in [6.07, 6.45) is -19.4. The molecule has 0 aliphatic carbocycles. The molecule has 0 radical (unpaired) electrons. The Labute approximate surface area is 185 Å². The van der Waals surface area contributed by atoms with Crippen molar-refractivity contribution in [1.82, 2.24) is 0 Å². The van der Waals surface area contributed by atoms with E-state index in [0.717, 1.165) is 0 Å². The van der Waals surface area contributed by atoms with Crippen molar-refractivity contribution in [2.24, 2.45) is 0 Å². The Hall–Kier alpha value is -0.520. The molecule has 0 unspecified atom stereocenters. The first kappa shape index (κ1) is 26.1. The van der Waals surface area contributed by atoms with Crippen LogP contribution in [0.3, 0.4) is 0 Å². The molecule has 13 heteroatoms. The summed E-state index contributed by atoms with van der Waals surface area (Å²) in [6.45, 7) is 4.55. The average Bonchev–Trinajstić information content (AvgIpc) is 2.76. The number of hydrogen-bond acceptors (Lipinski definition) is 13. The zero-order valence-corrected chi connectivity index (χ0v) is 18.2. The molecule has 0 amide bonds. The third-order valence-corrected chi connectivity index (χ3v) is 6.18. The lowest BCUT2D eigenvalue weighted by molar-refractivity contribution is -0.379. The lowest BCUT2D eigenvalue weighted by atomic mass is 9.96. The highest BCUT2D eigenvalue weighted by Gasteiger charge is 2.52. The summed E-state index contributed by atoms with van der Waals surface area (Å²) >= 11 is 0. The second-order valence-corrected chi connectivity index (χ2v) is 8.50. The van der Waals surface area contributed by atoms with Crippen molar-refractivity contribution in [2.75, 3.05) is 7.11 Å². The van der Waals surface area contributed by atoms with Crippen LogP contribution in [0.4, 0.5) is 0 Å². The summed E-state index contributed by atoms with van der Waals surface area (Å²) < 4.78 is 33.3. The maximum absolute atomic E-state index is 10.8. The number of methoxy groups -OCH3 is 1. The van der Waals surface area contributed by atoms with Crippen molar-refractivity contribution >= 4 is 0 Å². The first-order chi connectivity index (χ1) is 15.0. The molecule has 0 spiro atoms. The van der Waals surface area contributed by atoms with Crippen LogP contribution in [-0.4, -0.2) is 135 Å². The molecule has 0 saturated carbocycles. The van der Waals surface area contributed by atoms with E-state index in [-0.39, 0.29) is 0 Å². The molecule has 3 aliphatic heterocycles. The van der Waals surface area contributed by atoms with Crippen LogP contribution in [0.15, 0.2) is 0 Å². The highest BCUT2D eigenvalue weighted by Crippen LogP contribution is 2.33. The molecule has 3 heterocycles. The monoisotopic (exact) mass is 470 g/mol. The van der Waals surface area contributed by atoms with E-state index >= 15 is 0 Å². The van der Waals surface area contributed by atoms with Crippen LogP contribution >= 0.6 is 0 Å². The van der Waals surface area contributed by atoms with Gasteiger partial charge in [-0.1, -0.05) is 0 Å². The maximum Gasteiger partial charge on any atom is 0.187 e. The first-order valence-electron chi connectivity index (χ1n) is 10.5. The number of hydrogen-bond donors (Lipinski definition) is 7. The van der Waals surface area contributed by atoms with Gasteiger partial charge in [-0.15, -0.1) is 0 Å². The topological polar surface area (TPSA) is 197 Å². The molecule has 0 aromatic carbocycles. The van der Waals surface area contributed by atoms with Crippen LogP contribution in [0.5, 0.6) is 0 Å². The molecule has 0 aromatic rings. The zero-order chi connectivity index (χ0) is 23.9. The van der Waals surface area contributed by atoms with Crippen LogP contribution in [0, 0.1) is 0 Å². The third-order valence-electron chi connectivity index (χ3n) is 6.18. The Bertz CT molecular complexity index is 610. The zero-order valence-electron chi connectivity index (χ0n) is 18.2. The minimum Gasteiger partial charge on any atom is -0.388 e. The van der Waals surface area contributed by atoms with Gasteiger partial charge in [0.15, 0.2) is 18.9 Å². The predicted molar refractivity (Wildman–Crippen MR) is 102 cm³/mol. The molecule has 15 atom stereocenters. The summed E-state index contributed by atoms with van der Waals surface area (Å²) in [7, 11) is 1.31. The van der Waals surface area contributed by atoms with E-state index in [0.29, 0.717) is 0 Å². The molecule has 3 fully saturated rings. The largest absolute Gasteiger partial charge is 0.388 e. The van der Waals surface area contributed by atoms with Gasteiger partial charge < -0.3 is 64.2 Å². The second kappa shape index (κ2) is 10.4. The first-order valence-corrected chi connectivity index (χ1v) is 10.5. The smallest absolute Gasteiger partial charge is 0.187 e. The van der Waals surface area contributed by atoms with Crippen molar-refractivity contribution in [3.05, 3.63) is 0 Å². The van der Waals surface area contributed by atoms with Crippen LogP contribution in [0.1, 0.15) is 20.8 Å². The van der Waals surface area contributed by atoms with E-state index in [1.165, 1.54) is 21.0 Å². The Kier molecular flexibility index (Phi) is 8.48. The van der Waals surface area contributed by atoms with Gasteiger partial charge in [0, 0.05) is 7.11 Å². The van der Waals surface area contributed by atoms with Gasteiger partial charge in [0.2, 0.25) is 0 Å². The van der Waals surface area contributed by atoms with Gasteiger partial charge in [0.1, 0.15) is 54.9 Å². The minimum absolute atomic E-state index is 0.794. The van der Waals surface area contributed by atoms with E-state index < -0.39 is 92.1 Å². The van der Waals surface area contributed by atoms with Crippen molar-refractivity contribution in [3.8, 4) is 0 Å². The fraction of sp³-hybridized carbons (Fsp3) is 1.00. The SMILES string of the molecule is CO[C@@H]1O[C@@H](C)[C@H](O[C@@H]2O[C@@H](C)[C@H](O)[C@@H](O)[C@H]2O)[C@@H](O[C@@H]2O[C@@H](C)[C@H](O)[C@@H](O)[C@H]2O)[C@H]1O. The van der Waals surface area contributed by atoms with Crippen LogP contribution in [-0.2, 0) is 28.4 Å². The normalized spacial score (nSPS) is 55.0. The van der Waals surface area contributed by atoms with Crippen molar-refractivity contribution < 1.29 is 64.2 Å². The van der Waals surface area contributed by atoms with Crippen LogP contribution in [0.25, 0.3) is 0 Å². The maximum atomic E-state index is 10.8. The molecule has 7 N–H and O–H groups in total. The highest BCUT2D eigenvalue weighted by atomic mass is 16.8.